The van der Waals surface area contributed by atoms with Crippen LogP contribution in [-0.2, 0) is 19.2 Å². The minimum Gasteiger partial charge on any atom is -0.467 e. The van der Waals surface area contributed by atoms with Gasteiger partial charge >= 0.3 is 5.97 Å². The van der Waals surface area contributed by atoms with Crippen LogP contribution in [-0.4, -0.2) is 36.1 Å². The number of carbonyl (C=O) groups excluding carboxylic acids is 1. The fraction of sp³-hybridized carbons (Fsp3) is 0.938. The average molecular weight is 295 g/mol. The molecule has 4 rings (SSSR count). The lowest BCUT2D eigenvalue weighted by Crippen LogP contribution is -2.62. The first kappa shape index (κ1) is 14.0. The molecular weight excluding hydrogens is 270 g/mol. The first-order chi connectivity index (χ1) is 10.2. The maximum Gasteiger partial charge on any atom is 0.337 e. The third kappa shape index (κ3) is 1.83. The standard InChI is InChI=1S/C16H25NO4/c1-16-11-7-4-3-6-10(11)13-9-5-8-12(16)14(15(18)19-2)21-17(16)20-13/h10-14H,3-9H2,1-2H3/t10-,11-,12-,13-,14+,16-/m0/s1. The SMILES string of the molecule is COC(=O)[C@@H]1ON2O[C@H]3CCC[C@@H]1[C@]2(C)[C@H]1CCCC[C@H]31. The fourth-order valence-electron chi connectivity index (χ4n) is 5.38. The van der Waals surface area contributed by atoms with Gasteiger partial charge in [-0.1, -0.05) is 24.5 Å². The van der Waals surface area contributed by atoms with Crippen molar-refractivity contribution in [2.45, 2.75) is 69.6 Å². The van der Waals surface area contributed by atoms with Crippen molar-refractivity contribution >= 4 is 5.97 Å². The topological polar surface area (TPSA) is 48.0 Å². The Labute approximate surface area is 125 Å². The van der Waals surface area contributed by atoms with E-state index in [4.69, 9.17) is 14.4 Å². The van der Waals surface area contributed by atoms with Gasteiger partial charge in [0.2, 0.25) is 0 Å². The van der Waals surface area contributed by atoms with E-state index in [9.17, 15) is 4.79 Å². The largest absolute Gasteiger partial charge is 0.467 e. The molecule has 3 aliphatic heterocycles. The zero-order chi connectivity index (χ0) is 14.6. The molecule has 4 bridgehead atoms. The smallest absolute Gasteiger partial charge is 0.337 e. The van der Waals surface area contributed by atoms with Crippen molar-refractivity contribution in [3.05, 3.63) is 0 Å². The van der Waals surface area contributed by atoms with Gasteiger partial charge in [-0.2, -0.15) is 0 Å². The molecule has 1 unspecified atom stereocenters. The number of ether oxygens (including phenoxy) is 1. The quantitative estimate of drug-likeness (QED) is 0.695. The van der Waals surface area contributed by atoms with Crippen LogP contribution in [0.1, 0.15) is 51.9 Å². The highest BCUT2D eigenvalue weighted by Gasteiger charge is 2.65. The summed E-state index contributed by atoms with van der Waals surface area (Å²) in [7, 11) is 1.44. The normalized spacial score (nSPS) is 51.9. The van der Waals surface area contributed by atoms with Crippen molar-refractivity contribution in [3.8, 4) is 0 Å². The monoisotopic (exact) mass is 295 g/mol. The lowest BCUT2D eigenvalue weighted by Gasteiger charge is -2.55. The Bertz CT molecular complexity index is 442. The Kier molecular flexibility index (Phi) is 3.28. The number of carbonyl (C=O) groups is 1. The summed E-state index contributed by atoms with van der Waals surface area (Å²) >= 11 is 0. The number of nitrogens with zero attached hydrogens (tertiary/aromatic N) is 1. The number of esters is 1. The zero-order valence-electron chi connectivity index (χ0n) is 12.9. The summed E-state index contributed by atoms with van der Waals surface area (Å²) in [5.41, 5.74) is -0.180. The molecule has 4 aliphatic rings. The lowest BCUT2D eigenvalue weighted by atomic mass is 9.59. The van der Waals surface area contributed by atoms with Crippen LogP contribution >= 0.6 is 0 Å². The number of methoxy groups -OCH3 is 1. The third-order valence-corrected chi connectivity index (χ3v) is 6.43. The van der Waals surface area contributed by atoms with Crippen LogP contribution in [0.15, 0.2) is 0 Å². The van der Waals surface area contributed by atoms with Gasteiger partial charge < -0.3 is 4.74 Å². The van der Waals surface area contributed by atoms with E-state index < -0.39 is 6.10 Å². The summed E-state index contributed by atoms with van der Waals surface area (Å²) in [5, 5.41) is 1.70. The van der Waals surface area contributed by atoms with E-state index in [1.807, 2.05) is 0 Å². The Hall–Kier alpha value is -0.650. The number of hydrogen-bond acceptors (Lipinski definition) is 5. The van der Waals surface area contributed by atoms with Crippen LogP contribution in [0, 0.1) is 17.8 Å². The minimum absolute atomic E-state index is 0.178. The summed E-state index contributed by atoms with van der Waals surface area (Å²) in [6.07, 6.45) is 8.06. The van der Waals surface area contributed by atoms with E-state index in [-0.39, 0.29) is 23.5 Å². The number of rotatable bonds is 1. The molecule has 0 radical (unpaired) electrons. The molecule has 3 saturated heterocycles. The molecular formula is C16H25NO4. The molecule has 21 heavy (non-hydrogen) atoms. The van der Waals surface area contributed by atoms with Crippen molar-refractivity contribution in [2.75, 3.05) is 7.11 Å². The summed E-state index contributed by atoms with van der Waals surface area (Å²) in [6.45, 7) is 2.24. The van der Waals surface area contributed by atoms with Crippen LogP contribution in [0.2, 0.25) is 0 Å². The second-order valence-electron chi connectivity index (χ2n) is 7.27. The highest BCUT2D eigenvalue weighted by atomic mass is 17.0. The molecule has 7 atom stereocenters. The molecule has 0 N–H and O–H groups in total. The summed E-state index contributed by atoms with van der Waals surface area (Å²) in [5.74, 6) is 1.12. The Balaban J connectivity index is 1.74. The Morgan fingerprint density at radius 3 is 2.67 bits per heavy atom. The highest BCUT2D eigenvalue weighted by Crippen LogP contribution is 2.57. The van der Waals surface area contributed by atoms with E-state index in [0.29, 0.717) is 11.8 Å². The molecule has 4 fully saturated rings. The van der Waals surface area contributed by atoms with Gasteiger partial charge in [0.15, 0.2) is 6.10 Å². The maximum absolute atomic E-state index is 12.1. The van der Waals surface area contributed by atoms with Gasteiger partial charge in [-0.3, -0.25) is 9.68 Å². The van der Waals surface area contributed by atoms with Gasteiger partial charge in [0.25, 0.3) is 0 Å². The summed E-state index contributed by atoms with van der Waals surface area (Å²) in [4.78, 5) is 24.2. The Morgan fingerprint density at radius 1 is 1.10 bits per heavy atom. The van der Waals surface area contributed by atoms with Crippen molar-refractivity contribution in [1.82, 2.24) is 5.23 Å². The van der Waals surface area contributed by atoms with Crippen LogP contribution in [0.3, 0.4) is 0 Å². The van der Waals surface area contributed by atoms with Crippen molar-refractivity contribution in [3.63, 3.8) is 0 Å². The molecule has 0 spiro atoms. The molecule has 0 aromatic rings. The molecule has 1 aliphatic carbocycles. The minimum atomic E-state index is -0.501. The Morgan fingerprint density at radius 2 is 1.86 bits per heavy atom. The zero-order valence-corrected chi connectivity index (χ0v) is 12.9. The third-order valence-electron chi connectivity index (χ3n) is 6.43. The maximum atomic E-state index is 12.1. The predicted molar refractivity (Wildman–Crippen MR) is 74.8 cm³/mol. The van der Waals surface area contributed by atoms with E-state index >= 15 is 0 Å². The molecule has 3 heterocycles. The van der Waals surface area contributed by atoms with Crippen molar-refractivity contribution < 1.29 is 19.2 Å². The first-order valence-electron chi connectivity index (χ1n) is 8.38. The molecule has 5 heteroatoms. The first-order valence-corrected chi connectivity index (χ1v) is 8.38. The summed E-state index contributed by atoms with van der Waals surface area (Å²) < 4.78 is 4.97. The average Bonchev–Trinajstić information content (AvgIpc) is 2.83. The second kappa shape index (κ2) is 4.93. The molecule has 1 saturated carbocycles. The van der Waals surface area contributed by atoms with Gasteiger partial charge in [0, 0.05) is 5.92 Å². The highest BCUT2D eigenvalue weighted by molar-refractivity contribution is 5.75. The number of fused-ring (bicyclic) bond motifs is 3. The van der Waals surface area contributed by atoms with Gasteiger partial charge in [-0.25, -0.2) is 4.79 Å². The van der Waals surface area contributed by atoms with Crippen LogP contribution < -0.4 is 0 Å². The van der Waals surface area contributed by atoms with E-state index in [0.717, 1.165) is 19.3 Å². The number of hydroxylamine groups is 2. The number of hydrogen-bond donors (Lipinski definition) is 0. The van der Waals surface area contributed by atoms with Crippen molar-refractivity contribution in [1.29, 1.82) is 0 Å². The van der Waals surface area contributed by atoms with E-state index in [1.165, 1.54) is 32.8 Å². The van der Waals surface area contributed by atoms with Gasteiger partial charge in [0.1, 0.15) is 0 Å². The molecule has 0 aromatic carbocycles. The predicted octanol–water partition coefficient (Wildman–Crippen LogP) is 2.45. The molecule has 118 valence electrons. The van der Waals surface area contributed by atoms with Gasteiger partial charge in [-0.05, 0) is 44.4 Å². The lowest BCUT2D eigenvalue weighted by molar-refractivity contribution is -0.443. The van der Waals surface area contributed by atoms with Crippen molar-refractivity contribution in [2.24, 2.45) is 17.8 Å². The molecule has 0 aromatic heterocycles. The second-order valence-corrected chi connectivity index (χ2v) is 7.27. The fourth-order valence-corrected chi connectivity index (χ4v) is 5.38. The molecule has 0 amide bonds. The van der Waals surface area contributed by atoms with Crippen LogP contribution in [0.25, 0.3) is 0 Å². The van der Waals surface area contributed by atoms with Crippen LogP contribution in [0.4, 0.5) is 0 Å². The summed E-state index contributed by atoms with van der Waals surface area (Å²) in [6, 6.07) is 0. The van der Waals surface area contributed by atoms with Gasteiger partial charge in [-0.15, -0.1) is 0 Å². The van der Waals surface area contributed by atoms with Crippen LogP contribution in [0.5, 0.6) is 0 Å². The van der Waals surface area contributed by atoms with E-state index in [1.54, 1.807) is 5.23 Å². The molecule has 5 nitrogen and oxygen atoms in total. The van der Waals surface area contributed by atoms with E-state index in [2.05, 4.69) is 6.92 Å². The van der Waals surface area contributed by atoms with Gasteiger partial charge in [0.05, 0.1) is 18.8 Å².